The van der Waals surface area contributed by atoms with E-state index in [9.17, 15) is 9.18 Å². The molecule has 2 aliphatic heterocycles. The van der Waals surface area contributed by atoms with Crippen molar-refractivity contribution in [2.45, 2.75) is 19.9 Å². The first-order valence-electron chi connectivity index (χ1n) is 10.7. The Bertz CT molecular complexity index is 745. The molecule has 2 fully saturated rings. The Kier molecular flexibility index (Phi) is 10.4. The summed E-state index contributed by atoms with van der Waals surface area (Å²) in [5.41, 5.74) is 0.915. The predicted octanol–water partition coefficient (Wildman–Crippen LogP) is 2.52. The maximum absolute atomic E-state index is 13.9. The first-order chi connectivity index (χ1) is 14.5. The average molecular weight is 548 g/mol. The lowest BCUT2D eigenvalue weighted by Crippen LogP contribution is -2.43. The number of likely N-dealkylation sites (tertiary alicyclic amines) is 1. The lowest BCUT2D eigenvalue weighted by atomic mass is 9.99. The number of aliphatic imine (C=N–C) groups is 1. The molecule has 0 amide bonds. The van der Waals surface area contributed by atoms with E-state index in [4.69, 9.17) is 14.5 Å². The molecule has 3 unspecified atom stereocenters. The Morgan fingerprint density at radius 1 is 1.35 bits per heavy atom. The van der Waals surface area contributed by atoms with Crippen molar-refractivity contribution >= 4 is 35.9 Å². The monoisotopic (exact) mass is 548 g/mol. The SMILES string of the molecule is CCNC(=NCC(c1cccc(F)c1)N1CCOCC1)N1CC(C)C(C(=O)OC)C1.I. The van der Waals surface area contributed by atoms with Gasteiger partial charge in [-0.3, -0.25) is 14.7 Å². The van der Waals surface area contributed by atoms with Crippen LogP contribution in [-0.2, 0) is 14.3 Å². The number of methoxy groups -OCH3 is 1. The van der Waals surface area contributed by atoms with E-state index in [1.807, 2.05) is 13.0 Å². The number of hydrogen-bond donors (Lipinski definition) is 1. The largest absolute Gasteiger partial charge is 0.469 e. The molecule has 3 atom stereocenters. The third-order valence-corrected chi connectivity index (χ3v) is 5.88. The summed E-state index contributed by atoms with van der Waals surface area (Å²) in [6, 6.07) is 6.72. The molecule has 0 saturated carbocycles. The van der Waals surface area contributed by atoms with Gasteiger partial charge in [-0.15, -0.1) is 24.0 Å². The van der Waals surface area contributed by atoms with E-state index >= 15 is 0 Å². The van der Waals surface area contributed by atoms with E-state index < -0.39 is 0 Å². The molecule has 0 aromatic heterocycles. The van der Waals surface area contributed by atoms with E-state index in [2.05, 4.69) is 22.0 Å². The van der Waals surface area contributed by atoms with Crippen molar-refractivity contribution in [3.05, 3.63) is 35.6 Å². The van der Waals surface area contributed by atoms with Gasteiger partial charge in [-0.05, 0) is 30.5 Å². The van der Waals surface area contributed by atoms with E-state index in [1.165, 1.54) is 13.2 Å². The number of nitrogens with zero attached hydrogens (tertiary/aromatic N) is 3. The fourth-order valence-electron chi connectivity index (χ4n) is 4.23. The molecule has 0 aliphatic carbocycles. The summed E-state index contributed by atoms with van der Waals surface area (Å²) in [5.74, 6) is 0.407. The average Bonchev–Trinajstić information content (AvgIpc) is 3.15. The summed E-state index contributed by atoms with van der Waals surface area (Å²) in [7, 11) is 1.43. The summed E-state index contributed by atoms with van der Waals surface area (Å²) in [5, 5.41) is 3.35. The van der Waals surface area contributed by atoms with Gasteiger partial charge in [0.25, 0.3) is 0 Å². The highest BCUT2D eigenvalue weighted by molar-refractivity contribution is 14.0. The molecule has 7 nitrogen and oxygen atoms in total. The van der Waals surface area contributed by atoms with E-state index in [0.717, 1.165) is 37.7 Å². The van der Waals surface area contributed by atoms with E-state index in [-0.39, 0.29) is 53.6 Å². The maximum Gasteiger partial charge on any atom is 0.310 e. The molecule has 1 N–H and O–H groups in total. The number of benzene rings is 1. The van der Waals surface area contributed by atoms with E-state index in [1.54, 1.807) is 12.1 Å². The minimum Gasteiger partial charge on any atom is -0.469 e. The smallest absolute Gasteiger partial charge is 0.310 e. The van der Waals surface area contributed by atoms with Gasteiger partial charge in [0.2, 0.25) is 0 Å². The van der Waals surface area contributed by atoms with Crippen LogP contribution in [0.15, 0.2) is 29.3 Å². The lowest BCUT2D eigenvalue weighted by molar-refractivity contribution is -0.145. The van der Waals surface area contributed by atoms with Crippen molar-refractivity contribution < 1.29 is 18.7 Å². The molecule has 9 heteroatoms. The highest BCUT2D eigenvalue weighted by Gasteiger charge is 2.37. The number of carbonyl (C=O) groups is 1. The maximum atomic E-state index is 13.9. The van der Waals surface area contributed by atoms with Gasteiger partial charge < -0.3 is 19.7 Å². The number of rotatable bonds is 6. The molecule has 3 rings (SSSR count). The zero-order valence-electron chi connectivity index (χ0n) is 18.6. The third-order valence-electron chi connectivity index (χ3n) is 5.88. The Morgan fingerprint density at radius 3 is 2.74 bits per heavy atom. The van der Waals surface area contributed by atoms with Crippen LogP contribution in [-0.4, -0.2) is 81.3 Å². The van der Waals surface area contributed by atoms with Gasteiger partial charge in [0, 0.05) is 32.7 Å². The summed E-state index contributed by atoms with van der Waals surface area (Å²) >= 11 is 0. The van der Waals surface area contributed by atoms with E-state index in [0.29, 0.717) is 26.3 Å². The molecule has 2 heterocycles. The topological polar surface area (TPSA) is 66.4 Å². The Labute approximate surface area is 201 Å². The van der Waals surface area contributed by atoms with Crippen molar-refractivity contribution in [3.8, 4) is 0 Å². The fourth-order valence-corrected chi connectivity index (χ4v) is 4.23. The second-order valence-corrected chi connectivity index (χ2v) is 7.93. The predicted molar refractivity (Wildman–Crippen MR) is 129 cm³/mol. The molecule has 1 aromatic carbocycles. The summed E-state index contributed by atoms with van der Waals surface area (Å²) < 4.78 is 24.4. The third kappa shape index (κ3) is 6.76. The summed E-state index contributed by atoms with van der Waals surface area (Å²) in [6.45, 7) is 9.56. The highest BCUT2D eigenvalue weighted by atomic mass is 127. The first kappa shape index (κ1) is 25.8. The van der Waals surface area contributed by atoms with Crippen LogP contribution in [0.3, 0.4) is 0 Å². The van der Waals surface area contributed by atoms with Gasteiger partial charge in [0.1, 0.15) is 5.82 Å². The fraction of sp³-hybridized carbons (Fsp3) is 0.636. The number of morpholine rings is 1. The molecular weight excluding hydrogens is 514 g/mol. The number of carbonyl (C=O) groups excluding carboxylic acids is 1. The van der Waals surface area contributed by atoms with Crippen molar-refractivity contribution in [3.63, 3.8) is 0 Å². The second-order valence-electron chi connectivity index (χ2n) is 7.93. The van der Waals surface area contributed by atoms with Gasteiger partial charge in [0.05, 0.1) is 38.8 Å². The van der Waals surface area contributed by atoms with Crippen molar-refractivity contribution in [2.24, 2.45) is 16.8 Å². The minimum atomic E-state index is -0.240. The van der Waals surface area contributed by atoms with Gasteiger partial charge in [-0.2, -0.15) is 0 Å². The standard InChI is InChI=1S/C22H33FN4O3.HI/c1-4-24-22(27-14-16(2)19(15-27)21(28)29-3)25-13-20(26-8-10-30-11-9-26)17-6-5-7-18(23)12-17;/h5-7,12,16,19-20H,4,8-11,13-15H2,1-3H3,(H,24,25);1H. The normalized spacial score (nSPS) is 23.2. The van der Waals surface area contributed by atoms with Crippen LogP contribution in [0.2, 0.25) is 0 Å². The first-order valence-corrected chi connectivity index (χ1v) is 10.7. The molecule has 2 aliphatic rings. The van der Waals surface area contributed by atoms with Crippen molar-refractivity contribution in [1.29, 1.82) is 0 Å². The minimum absolute atomic E-state index is 0. The van der Waals surface area contributed by atoms with Gasteiger partial charge in [-0.1, -0.05) is 19.1 Å². The quantitative estimate of drug-likeness (QED) is 0.255. The van der Waals surface area contributed by atoms with Crippen LogP contribution in [0.4, 0.5) is 4.39 Å². The number of halogens is 2. The number of nitrogens with one attached hydrogen (secondary N) is 1. The van der Waals surface area contributed by atoms with Crippen LogP contribution < -0.4 is 5.32 Å². The number of esters is 1. The molecule has 0 bridgehead atoms. The highest BCUT2D eigenvalue weighted by Crippen LogP contribution is 2.26. The molecular formula is C22H34FIN4O3. The number of hydrogen-bond acceptors (Lipinski definition) is 5. The summed E-state index contributed by atoms with van der Waals surface area (Å²) in [4.78, 5) is 21.4. The van der Waals surface area contributed by atoms with Gasteiger partial charge >= 0.3 is 5.97 Å². The van der Waals surface area contributed by atoms with Crippen LogP contribution in [0.5, 0.6) is 0 Å². The Balaban J connectivity index is 0.00000341. The molecule has 0 radical (unpaired) electrons. The zero-order chi connectivity index (χ0) is 21.5. The van der Waals surface area contributed by atoms with Crippen LogP contribution in [0.25, 0.3) is 0 Å². The molecule has 1 aromatic rings. The zero-order valence-corrected chi connectivity index (χ0v) is 20.9. The number of ether oxygens (including phenoxy) is 2. The van der Waals surface area contributed by atoms with Crippen LogP contribution in [0.1, 0.15) is 25.5 Å². The van der Waals surface area contributed by atoms with Crippen molar-refractivity contribution in [2.75, 3.05) is 59.6 Å². The van der Waals surface area contributed by atoms with Crippen molar-refractivity contribution in [1.82, 2.24) is 15.1 Å². The number of guanidine groups is 1. The molecule has 2 saturated heterocycles. The van der Waals surface area contributed by atoms with Crippen LogP contribution >= 0.6 is 24.0 Å². The van der Waals surface area contributed by atoms with Gasteiger partial charge in [0.15, 0.2) is 5.96 Å². The molecule has 31 heavy (non-hydrogen) atoms. The Hall–Kier alpha value is -1.46. The molecule has 174 valence electrons. The lowest BCUT2D eigenvalue weighted by Gasteiger charge is -2.34. The molecule has 0 spiro atoms. The second kappa shape index (κ2) is 12.5. The Morgan fingerprint density at radius 2 is 2.10 bits per heavy atom. The van der Waals surface area contributed by atoms with Crippen LogP contribution in [0, 0.1) is 17.7 Å². The van der Waals surface area contributed by atoms with Gasteiger partial charge in [-0.25, -0.2) is 4.39 Å². The summed E-state index contributed by atoms with van der Waals surface area (Å²) in [6.07, 6.45) is 0.